The molecule has 0 radical (unpaired) electrons. The molecule has 1 aliphatic carbocycles. The maximum Gasteiger partial charge on any atom is 0.164 e. The first-order chi connectivity index (χ1) is 13.7. The molecule has 0 amide bonds. The van der Waals surface area contributed by atoms with Crippen LogP contribution >= 0.6 is 11.3 Å². The van der Waals surface area contributed by atoms with Crippen molar-refractivity contribution in [3.8, 4) is 11.4 Å². The highest BCUT2D eigenvalue weighted by Crippen LogP contribution is 2.39. The molecule has 0 saturated heterocycles. The van der Waals surface area contributed by atoms with Crippen LogP contribution in [0.15, 0.2) is 43.2 Å². The van der Waals surface area contributed by atoms with Gasteiger partial charge in [-0.3, -0.25) is 4.98 Å². The van der Waals surface area contributed by atoms with E-state index in [1.165, 1.54) is 23.3 Å². The van der Waals surface area contributed by atoms with Gasteiger partial charge in [0, 0.05) is 47.8 Å². The average Bonchev–Trinajstić information content (AvgIpc) is 3.30. The first-order valence-corrected chi connectivity index (χ1v) is 10.4. The molecule has 1 fully saturated rings. The van der Waals surface area contributed by atoms with Crippen LogP contribution in [0.3, 0.4) is 0 Å². The summed E-state index contributed by atoms with van der Waals surface area (Å²) >= 11 is 1.73. The smallest absolute Gasteiger partial charge is 0.164 e. The van der Waals surface area contributed by atoms with Gasteiger partial charge in [0.2, 0.25) is 0 Å². The van der Waals surface area contributed by atoms with Crippen LogP contribution in [0, 0.1) is 19.8 Å². The van der Waals surface area contributed by atoms with E-state index in [4.69, 9.17) is 9.97 Å². The van der Waals surface area contributed by atoms with Gasteiger partial charge in [-0.2, -0.15) is 0 Å². The minimum Gasteiger partial charge on any atom is -0.369 e. The number of aryl methyl sites for hydroxylation is 2. The first kappa shape index (κ1) is 17.3. The highest BCUT2D eigenvalue weighted by atomic mass is 32.1. The van der Waals surface area contributed by atoms with Gasteiger partial charge in [0.1, 0.15) is 10.6 Å². The summed E-state index contributed by atoms with van der Waals surface area (Å²) < 4.78 is 2.21. The number of hydrogen-bond acceptors (Lipinski definition) is 6. The Morgan fingerprint density at radius 1 is 1.18 bits per heavy atom. The molecule has 0 spiro atoms. The number of nitrogens with zero attached hydrogens (tertiary/aromatic N) is 5. The lowest BCUT2D eigenvalue weighted by molar-refractivity contribution is 0.209. The molecule has 0 aliphatic heterocycles. The fourth-order valence-corrected chi connectivity index (χ4v) is 4.87. The number of aromatic nitrogens is 5. The van der Waals surface area contributed by atoms with Gasteiger partial charge in [-0.1, -0.05) is 0 Å². The predicted octanol–water partition coefficient (Wildman–Crippen LogP) is 4.63. The van der Waals surface area contributed by atoms with Crippen molar-refractivity contribution in [3.05, 3.63) is 53.7 Å². The molecule has 1 saturated carbocycles. The number of nitrogens with one attached hydrogen (secondary N) is 1. The summed E-state index contributed by atoms with van der Waals surface area (Å²) in [5, 5.41) is 4.78. The number of pyridine rings is 1. The van der Waals surface area contributed by atoms with Crippen molar-refractivity contribution in [2.75, 3.05) is 11.9 Å². The van der Waals surface area contributed by atoms with Gasteiger partial charge >= 0.3 is 0 Å². The van der Waals surface area contributed by atoms with Gasteiger partial charge in [-0.25, -0.2) is 15.0 Å². The second-order valence-electron chi connectivity index (χ2n) is 7.48. The van der Waals surface area contributed by atoms with E-state index < -0.39 is 0 Å². The number of thiophene rings is 1. The Kier molecular flexibility index (Phi) is 4.31. The molecule has 0 unspecified atom stereocenters. The molecular weight excluding hydrogens is 368 g/mol. The topological polar surface area (TPSA) is 68.5 Å². The van der Waals surface area contributed by atoms with E-state index in [0.717, 1.165) is 34.0 Å². The molecule has 7 heteroatoms. The van der Waals surface area contributed by atoms with Crippen LogP contribution in [0.4, 0.5) is 5.82 Å². The van der Waals surface area contributed by atoms with Crippen LogP contribution in [-0.4, -0.2) is 31.0 Å². The highest BCUT2D eigenvalue weighted by molar-refractivity contribution is 7.18. The SMILES string of the molecule is Cc1sc2nc(-c3cccnc3)nc(NCC3CC(n4ccnc4)C3)c2c1C. The van der Waals surface area contributed by atoms with Crippen LogP contribution in [0.2, 0.25) is 0 Å². The summed E-state index contributed by atoms with van der Waals surface area (Å²) in [6.07, 6.45) is 11.8. The molecule has 0 bridgehead atoms. The van der Waals surface area contributed by atoms with E-state index in [1.807, 2.05) is 30.9 Å². The third kappa shape index (κ3) is 3.05. The fourth-order valence-electron chi connectivity index (χ4n) is 3.84. The molecular formula is C21H22N6S. The lowest BCUT2D eigenvalue weighted by Crippen LogP contribution is -2.31. The Morgan fingerprint density at radius 3 is 2.82 bits per heavy atom. The molecule has 6 nitrogen and oxygen atoms in total. The van der Waals surface area contributed by atoms with Crippen LogP contribution in [0.5, 0.6) is 0 Å². The van der Waals surface area contributed by atoms with Gasteiger partial charge in [0.15, 0.2) is 5.82 Å². The van der Waals surface area contributed by atoms with Crippen molar-refractivity contribution < 1.29 is 0 Å². The van der Waals surface area contributed by atoms with Crippen molar-refractivity contribution in [3.63, 3.8) is 0 Å². The standard InChI is InChI=1S/C21H22N6S/c1-13-14(2)28-21-18(13)20(25-19(26-21)16-4-3-5-22-11-16)24-10-15-8-17(9-15)27-7-6-23-12-27/h3-7,11-12,15,17H,8-10H2,1-2H3,(H,24,25,26). The van der Waals surface area contributed by atoms with Crippen LogP contribution < -0.4 is 5.32 Å². The van der Waals surface area contributed by atoms with Gasteiger partial charge in [0.25, 0.3) is 0 Å². The lowest BCUT2D eigenvalue weighted by atomic mass is 9.80. The predicted molar refractivity (Wildman–Crippen MR) is 113 cm³/mol. The summed E-state index contributed by atoms with van der Waals surface area (Å²) in [6, 6.07) is 4.51. The Labute approximate surface area is 167 Å². The van der Waals surface area contributed by atoms with Crippen LogP contribution in [0.25, 0.3) is 21.6 Å². The van der Waals surface area contributed by atoms with Gasteiger partial charge in [-0.15, -0.1) is 11.3 Å². The Morgan fingerprint density at radius 2 is 2.07 bits per heavy atom. The van der Waals surface area contributed by atoms with E-state index in [0.29, 0.717) is 12.0 Å². The second kappa shape index (κ2) is 6.98. The van der Waals surface area contributed by atoms with Gasteiger partial charge in [0.05, 0.1) is 11.7 Å². The monoisotopic (exact) mass is 390 g/mol. The van der Waals surface area contributed by atoms with E-state index in [9.17, 15) is 0 Å². The fraction of sp³-hybridized carbons (Fsp3) is 0.333. The first-order valence-electron chi connectivity index (χ1n) is 9.58. The van der Waals surface area contributed by atoms with Crippen LogP contribution in [0.1, 0.15) is 29.3 Å². The quantitative estimate of drug-likeness (QED) is 0.538. The largest absolute Gasteiger partial charge is 0.369 e. The van der Waals surface area contributed by atoms with Crippen molar-refractivity contribution in [1.29, 1.82) is 0 Å². The molecule has 1 aliphatic rings. The molecule has 0 atom stereocenters. The Hall–Kier alpha value is -2.80. The van der Waals surface area contributed by atoms with Crippen molar-refractivity contribution in [1.82, 2.24) is 24.5 Å². The zero-order chi connectivity index (χ0) is 19.1. The summed E-state index contributed by atoms with van der Waals surface area (Å²) in [4.78, 5) is 20.4. The number of fused-ring (bicyclic) bond motifs is 1. The highest BCUT2D eigenvalue weighted by Gasteiger charge is 2.30. The number of anilines is 1. The maximum absolute atomic E-state index is 4.87. The summed E-state index contributed by atoms with van der Waals surface area (Å²) in [7, 11) is 0. The average molecular weight is 391 g/mol. The summed E-state index contributed by atoms with van der Waals surface area (Å²) in [5.41, 5.74) is 2.21. The number of imidazole rings is 1. The Bertz CT molecular complexity index is 1100. The molecule has 28 heavy (non-hydrogen) atoms. The molecule has 4 heterocycles. The zero-order valence-electron chi connectivity index (χ0n) is 16.0. The lowest BCUT2D eigenvalue weighted by Gasteiger charge is -2.36. The summed E-state index contributed by atoms with van der Waals surface area (Å²) in [5.74, 6) is 2.32. The van der Waals surface area contributed by atoms with Crippen molar-refractivity contribution in [2.24, 2.45) is 5.92 Å². The van der Waals surface area contributed by atoms with E-state index in [2.05, 4.69) is 39.9 Å². The second-order valence-corrected chi connectivity index (χ2v) is 8.69. The molecule has 4 aromatic heterocycles. The molecule has 4 aromatic rings. The maximum atomic E-state index is 4.87. The van der Waals surface area contributed by atoms with Crippen molar-refractivity contribution >= 4 is 27.4 Å². The van der Waals surface area contributed by atoms with E-state index in [1.54, 1.807) is 17.5 Å². The third-order valence-electron chi connectivity index (χ3n) is 5.66. The minimum absolute atomic E-state index is 0.579. The number of hydrogen-bond donors (Lipinski definition) is 1. The Balaban J connectivity index is 1.40. The van der Waals surface area contributed by atoms with Gasteiger partial charge < -0.3 is 9.88 Å². The molecule has 142 valence electrons. The minimum atomic E-state index is 0.579. The zero-order valence-corrected chi connectivity index (χ0v) is 16.8. The third-order valence-corrected chi connectivity index (χ3v) is 6.77. The molecule has 0 aromatic carbocycles. The van der Waals surface area contributed by atoms with E-state index in [-0.39, 0.29) is 0 Å². The van der Waals surface area contributed by atoms with Gasteiger partial charge in [-0.05, 0) is 50.3 Å². The van der Waals surface area contributed by atoms with E-state index >= 15 is 0 Å². The van der Waals surface area contributed by atoms with Crippen LogP contribution in [-0.2, 0) is 0 Å². The normalized spacial score (nSPS) is 18.9. The molecule has 1 N–H and O–H groups in total. The van der Waals surface area contributed by atoms with Crippen molar-refractivity contribution in [2.45, 2.75) is 32.7 Å². The molecule has 5 rings (SSSR count). The number of rotatable bonds is 5. The summed E-state index contributed by atoms with van der Waals surface area (Å²) in [6.45, 7) is 5.24.